The maximum atomic E-state index is 11.3. The summed E-state index contributed by atoms with van der Waals surface area (Å²) in [5.41, 5.74) is 0. The second-order valence-electron chi connectivity index (χ2n) is 4.51. The predicted molar refractivity (Wildman–Crippen MR) is 74.6 cm³/mol. The largest absolute Gasteiger partial charge is 0.481 e. The average Bonchev–Trinajstić information content (AvgIpc) is 2.37. The molecule has 8 nitrogen and oxygen atoms in total. The maximum absolute atomic E-state index is 11.3. The molecule has 0 fully saturated rings. The summed E-state index contributed by atoms with van der Waals surface area (Å²) >= 11 is 0. The van der Waals surface area contributed by atoms with Crippen molar-refractivity contribution in [2.24, 2.45) is 0 Å². The molecule has 0 aromatic rings. The summed E-state index contributed by atoms with van der Waals surface area (Å²) < 4.78 is 0. The van der Waals surface area contributed by atoms with Crippen molar-refractivity contribution < 1.29 is 19.5 Å². The monoisotopic (exact) mass is 288 g/mol. The molecule has 8 heteroatoms. The van der Waals surface area contributed by atoms with Crippen LogP contribution in [0.4, 0.5) is 9.59 Å². The van der Waals surface area contributed by atoms with Gasteiger partial charge in [-0.15, -0.1) is 0 Å². The van der Waals surface area contributed by atoms with Crippen LogP contribution in [0.2, 0.25) is 0 Å². The van der Waals surface area contributed by atoms with Gasteiger partial charge in [-0.2, -0.15) is 0 Å². The zero-order chi connectivity index (χ0) is 15.4. The number of rotatable bonds is 9. The van der Waals surface area contributed by atoms with Gasteiger partial charge in [-0.25, -0.2) is 9.59 Å². The highest BCUT2D eigenvalue weighted by Crippen LogP contribution is 1.98. The van der Waals surface area contributed by atoms with E-state index in [9.17, 15) is 14.4 Å². The number of urea groups is 2. The van der Waals surface area contributed by atoms with Crippen molar-refractivity contribution in [3.8, 4) is 0 Å². The predicted octanol–water partition coefficient (Wildman–Crippen LogP) is 0.202. The minimum Gasteiger partial charge on any atom is -0.481 e. The second kappa shape index (κ2) is 10.9. The molecule has 0 aliphatic rings. The van der Waals surface area contributed by atoms with Crippen LogP contribution >= 0.6 is 0 Å². The molecular weight excluding hydrogens is 264 g/mol. The highest BCUT2D eigenvalue weighted by Gasteiger charge is 2.02. The Kier molecular flexibility index (Phi) is 9.81. The fraction of sp³-hybridized carbons (Fsp3) is 0.750. The van der Waals surface area contributed by atoms with Gasteiger partial charge in [0.1, 0.15) is 0 Å². The van der Waals surface area contributed by atoms with Crippen LogP contribution in [0.5, 0.6) is 0 Å². The number of carboxylic acid groups (broad SMARTS) is 1. The molecule has 0 aliphatic carbocycles. The SMILES string of the molecule is CN(C)C(=O)NCCNC(=O)NCCCCCC(=O)O. The number of carbonyl (C=O) groups excluding carboxylic acids is 2. The zero-order valence-corrected chi connectivity index (χ0v) is 12.1. The molecule has 0 aromatic heterocycles. The van der Waals surface area contributed by atoms with E-state index < -0.39 is 5.97 Å². The minimum atomic E-state index is -0.796. The molecule has 20 heavy (non-hydrogen) atoms. The summed E-state index contributed by atoms with van der Waals surface area (Å²) in [6.07, 6.45) is 2.30. The number of hydrogen-bond acceptors (Lipinski definition) is 3. The van der Waals surface area contributed by atoms with Crippen LogP contribution in [-0.4, -0.2) is 61.8 Å². The second-order valence-corrected chi connectivity index (χ2v) is 4.51. The van der Waals surface area contributed by atoms with Crippen LogP contribution < -0.4 is 16.0 Å². The molecule has 0 bridgehead atoms. The fourth-order valence-corrected chi connectivity index (χ4v) is 1.35. The van der Waals surface area contributed by atoms with Gasteiger partial charge in [0.2, 0.25) is 0 Å². The van der Waals surface area contributed by atoms with Gasteiger partial charge in [0.25, 0.3) is 0 Å². The molecule has 116 valence electrons. The van der Waals surface area contributed by atoms with Gasteiger partial charge >= 0.3 is 18.0 Å². The van der Waals surface area contributed by atoms with Crippen LogP contribution in [0, 0.1) is 0 Å². The molecule has 0 saturated carbocycles. The van der Waals surface area contributed by atoms with Crippen molar-refractivity contribution in [1.82, 2.24) is 20.9 Å². The van der Waals surface area contributed by atoms with Gasteiger partial charge in [-0.3, -0.25) is 4.79 Å². The number of carbonyl (C=O) groups is 3. The molecule has 0 radical (unpaired) electrons. The Morgan fingerprint density at radius 2 is 1.50 bits per heavy atom. The first-order valence-corrected chi connectivity index (χ1v) is 6.62. The summed E-state index contributed by atoms with van der Waals surface area (Å²) in [4.78, 5) is 34.2. The van der Waals surface area contributed by atoms with E-state index in [1.165, 1.54) is 4.90 Å². The number of aliphatic carboxylic acids is 1. The van der Waals surface area contributed by atoms with E-state index in [4.69, 9.17) is 5.11 Å². The first kappa shape index (κ1) is 18.0. The molecule has 0 heterocycles. The third-order valence-corrected chi connectivity index (χ3v) is 2.45. The Labute approximate surface area is 118 Å². The molecule has 0 spiro atoms. The summed E-state index contributed by atoms with van der Waals surface area (Å²) in [6, 6.07) is -0.493. The normalized spacial score (nSPS) is 9.70. The average molecular weight is 288 g/mol. The van der Waals surface area contributed by atoms with Crippen molar-refractivity contribution in [2.75, 3.05) is 33.7 Å². The van der Waals surface area contributed by atoms with E-state index in [1.807, 2.05) is 0 Å². The Hall–Kier alpha value is -1.99. The number of unbranched alkanes of at least 4 members (excludes halogenated alkanes) is 2. The number of hydrogen-bond donors (Lipinski definition) is 4. The Morgan fingerprint density at radius 1 is 0.900 bits per heavy atom. The molecule has 4 N–H and O–H groups in total. The van der Waals surface area contributed by atoms with E-state index in [0.717, 1.165) is 12.8 Å². The minimum absolute atomic E-state index is 0.164. The first-order chi connectivity index (χ1) is 9.43. The van der Waals surface area contributed by atoms with E-state index in [2.05, 4.69) is 16.0 Å². The fourth-order valence-electron chi connectivity index (χ4n) is 1.35. The van der Waals surface area contributed by atoms with Gasteiger partial charge in [0.15, 0.2) is 0 Å². The molecule has 0 atom stereocenters. The number of nitrogens with one attached hydrogen (secondary N) is 3. The molecule has 0 aliphatic heterocycles. The number of nitrogens with zero attached hydrogens (tertiary/aromatic N) is 1. The number of amides is 4. The lowest BCUT2D eigenvalue weighted by atomic mass is 10.2. The lowest BCUT2D eigenvalue weighted by Gasteiger charge is -2.12. The Morgan fingerprint density at radius 3 is 2.10 bits per heavy atom. The van der Waals surface area contributed by atoms with Crippen LogP contribution in [0.25, 0.3) is 0 Å². The van der Waals surface area contributed by atoms with Crippen LogP contribution in [0.15, 0.2) is 0 Å². The number of carboxylic acids is 1. The quantitative estimate of drug-likeness (QED) is 0.454. The Balaban J connectivity index is 3.37. The van der Waals surface area contributed by atoms with Gasteiger partial charge in [-0.05, 0) is 12.8 Å². The van der Waals surface area contributed by atoms with Crippen LogP contribution in [0.1, 0.15) is 25.7 Å². The van der Waals surface area contributed by atoms with E-state index in [1.54, 1.807) is 14.1 Å². The van der Waals surface area contributed by atoms with Crippen molar-refractivity contribution in [2.45, 2.75) is 25.7 Å². The van der Waals surface area contributed by atoms with E-state index in [0.29, 0.717) is 26.1 Å². The van der Waals surface area contributed by atoms with Crippen molar-refractivity contribution in [3.63, 3.8) is 0 Å². The summed E-state index contributed by atoms with van der Waals surface area (Å²) in [7, 11) is 3.28. The Bertz CT molecular complexity index is 321. The molecule has 0 unspecified atom stereocenters. The van der Waals surface area contributed by atoms with E-state index >= 15 is 0 Å². The summed E-state index contributed by atoms with van der Waals surface area (Å²) in [5, 5.41) is 16.3. The summed E-state index contributed by atoms with van der Waals surface area (Å²) in [6.45, 7) is 1.23. The lowest BCUT2D eigenvalue weighted by Crippen LogP contribution is -2.42. The van der Waals surface area contributed by atoms with Gasteiger partial charge in [-0.1, -0.05) is 6.42 Å². The highest BCUT2D eigenvalue weighted by atomic mass is 16.4. The lowest BCUT2D eigenvalue weighted by molar-refractivity contribution is -0.137. The molecular formula is C12H24N4O4. The third kappa shape index (κ3) is 11.1. The maximum Gasteiger partial charge on any atom is 0.316 e. The molecule has 0 rings (SSSR count). The van der Waals surface area contributed by atoms with Gasteiger partial charge in [0, 0.05) is 40.2 Å². The van der Waals surface area contributed by atoms with Crippen molar-refractivity contribution >= 4 is 18.0 Å². The van der Waals surface area contributed by atoms with Crippen molar-refractivity contribution in [1.29, 1.82) is 0 Å². The topological polar surface area (TPSA) is 111 Å². The molecule has 0 aromatic carbocycles. The van der Waals surface area contributed by atoms with Crippen LogP contribution in [0.3, 0.4) is 0 Å². The smallest absolute Gasteiger partial charge is 0.316 e. The molecule has 0 saturated heterocycles. The standard InChI is InChI=1S/C12H24N4O4/c1-16(2)12(20)15-9-8-14-11(19)13-7-5-3-4-6-10(17)18/h3-9H2,1-2H3,(H,15,20)(H,17,18)(H2,13,14,19). The summed E-state index contributed by atoms with van der Waals surface area (Å²) in [5.74, 6) is -0.796. The van der Waals surface area contributed by atoms with Crippen molar-refractivity contribution in [3.05, 3.63) is 0 Å². The molecule has 4 amide bonds. The van der Waals surface area contributed by atoms with Gasteiger partial charge < -0.3 is 26.0 Å². The van der Waals surface area contributed by atoms with Crippen LogP contribution in [-0.2, 0) is 4.79 Å². The first-order valence-electron chi connectivity index (χ1n) is 6.62. The van der Waals surface area contributed by atoms with Gasteiger partial charge in [0.05, 0.1) is 0 Å². The third-order valence-electron chi connectivity index (χ3n) is 2.45. The van der Waals surface area contributed by atoms with E-state index in [-0.39, 0.29) is 18.5 Å². The highest BCUT2D eigenvalue weighted by molar-refractivity contribution is 5.74. The zero-order valence-electron chi connectivity index (χ0n) is 12.1.